The molecule has 0 rings (SSSR count). The van der Waals surface area contributed by atoms with Crippen LogP contribution in [0, 0.1) is 10.8 Å². The van der Waals surface area contributed by atoms with Crippen molar-refractivity contribution in [1.29, 1.82) is 10.8 Å². The second kappa shape index (κ2) is 2.06. The van der Waals surface area contributed by atoms with Crippen LogP contribution in [0.1, 0.15) is 0 Å². The molecule has 0 spiro atoms. The Morgan fingerprint density at radius 2 is 1.38 bits per heavy atom. The van der Waals surface area contributed by atoms with E-state index in [1.807, 2.05) is 0 Å². The van der Waals surface area contributed by atoms with Crippen LogP contribution in [0.3, 0.4) is 0 Å². The number of amidine groups is 2. The number of hydrogen-bond acceptors (Lipinski definition) is 3. The van der Waals surface area contributed by atoms with Gasteiger partial charge in [-0.25, -0.2) is 0 Å². The van der Waals surface area contributed by atoms with Gasteiger partial charge in [-0.3, -0.25) is 15.6 Å². The fourth-order valence-electron chi connectivity index (χ4n) is 0.145. The van der Waals surface area contributed by atoms with Crippen LogP contribution in [0.25, 0.3) is 0 Å². The van der Waals surface area contributed by atoms with Gasteiger partial charge in [0.1, 0.15) is 0 Å². The number of rotatable bonds is 2. The van der Waals surface area contributed by atoms with Crippen molar-refractivity contribution in [3.8, 4) is 0 Å². The number of carbonyl (C=O) groups excluding carboxylic acids is 1. The third kappa shape index (κ3) is 1.38. The van der Waals surface area contributed by atoms with Crippen LogP contribution in [0.5, 0.6) is 0 Å². The van der Waals surface area contributed by atoms with E-state index in [1.54, 1.807) is 0 Å². The summed E-state index contributed by atoms with van der Waals surface area (Å²) in [5, 5.41) is 12.9. The van der Waals surface area contributed by atoms with Gasteiger partial charge in [-0.1, -0.05) is 0 Å². The minimum Gasteiger partial charge on any atom is -0.381 e. The summed E-state index contributed by atoms with van der Waals surface area (Å²) in [5.41, 5.74) is 9.30. The Balaban J connectivity index is 4.05. The van der Waals surface area contributed by atoms with Crippen molar-refractivity contribution in [1.82, 2.24) is 0 Å². The van der Waals surface area contributed by atoms with Crippen LogP contribution in [-0.4, -0.2) is 17.5 Å². The Bertz CT molecular complexity index is 133. The van der Waals surface area contributed by atoms with Gasteiger partial charge in [0, 0.05) is 0 Å². The van der Waals surface area contributed by atoms with Crippen LogP contribution in [0.15, 0.2) is 0 Å². The molecule has 0 atom stereocenters. The fraction of sp³-hybridized carbons (Fsp3) is 0. The van der Waals surface area contributed by atoms with Crippen molar-refractivity contribution in [2.75, 3.05) is 0 Å². The van der Waals surface area contributed by atoms with E-state index < -0.39 is 17.5 Å². The molecule has 0 saturated heterocycles. The van der Waals surface area contributed by atoms with Crippen molar-refractivity contribution in [2.24, 2.45) is 11.5 Å². The summed E-state index contributed by atoms with van der Waals surface area (Å²) >= 11 is 0. The second-order valence-electron chi connectivity index (χ2n) is 1.16. The Labute approximate surface area is 45.7 Å². The molecular weight excluding hydrogens is 108 g/mol. The molecule has 0 aromatic carbocycles. The molecule has 5 heteroatoms. The average molecular weight is 114 g/mol. The first kappa shape index (κ1) is 6.61. The Kier molecular flexibility index (Phi) is 1.70. The highest BCUT2D eigenvalue weighted by Gasteiger charge is 2.06. The first-order chi connectivity index (χ1) is 3.55. The van der Waals surface area contributed by atoms with Gasteiger partial charge < -0.3 is 11.5 Å². The zero-order valence-electron chi connectivity index (χ0n) is 4.06. The SMILES string of the molecule is N=C(N)C(=O)C(=N)N. The molecular formula is C3H6N4O. The van der Waals surface area contributed by atoms with Gasteiger partial charge in [0.05, 0.1) is 0 Å². The van der Waals surface area contributed by atoms with Crippen LogP contribution < -0.4 is 11.5 Å². The molecule has 0 aliphatic rings. The number of hydrogen-bond donors (Lipinski definition) is 4. The van der Waals surface area contributed by atoms with Crippen molar-refractivity contribution in [3.05, 3.63) is 0 Å². The predicted molar refractivity (Wildman–Crippen MR) is 28.8 cm³/mol. The standard InChI is InChI=1S/C3H6N4O/c4-2(5)1(8)3(6)7/h(H3,4,5)(H3,6,7). The van der Waals surface area contributed by atoms with E-state index in [1.165, 1.54) is 0 Å². The molecule has 5 nitrogen and oxygen atoms in total. The van der Waals surface area contributed by atoms with Gasteiger partial charge in [0.2, 0.25) is 0 Å². The molecule has 6 N–H and O–H groups in total. The van der Waals surface area contributed by atoms with Crippen molar-refractivity contribution in [2.45, 2.75) is 0 Å². The summed E-state index contributed by atoms with van der Waals surface area (Å²) in [7, 11) is 0. The Morgan fingerprint density at radius 1 is 1.12 bits per heavy atom. The fourth-order valence-corrected chi connectivity index (χ4v) is 0.145. The maximum absolute atomic E-state index is 10.1. The number of ketones is 1. The predicted octanol–water partition coefficient (Wildman–Crippen LogP) is -1.57. The Hall–Kier alpha value is -1.39. The van der Waals surface area contributed by atoms with Gasteiger partial charge >= 0.3 is 0 Å². The van der Waals surface area contributed by atoms with Crippen molar-refractivity contribution < 1.29 is 4.79 Å². The first-order valence-electron chi connectivity index (χ1n) is 1.78. The van der Waals surface area contributed by atoms with Gasteiger partial charge in [-0.05, 0) is 0 Å². The molecule has 8 heavy (non-hydrogen) atoms. The molecule has 0 aromatic heterocycles. The molecule has 0 unspecified atom stereocenters. The van der Waals surface area contributed by atoms with Gasteiger partial charge in [0.25, 0.3) is 5.78 Å². The van der Waals surface area contributed by atoms with E-state index in [-0.39, 0.29) is 0 Å². The third-order valence-electron chi connectivity index (χ3n) is 0.489. The van der Waals surface area contributed by atoms with Gasteiger partial charge in [0.15, 0.2) is 11.7 Å². The number of nitrogens with one attached hydrogen (secondary N) is 2. The average Bonchev–Trinajstić information content (AvgIpc) is 1.64. The molecule has 0 amide bonds. The van der Waals surface area contributed by atoms with E-state index in [4.69, 9.17) is 10.8 Å². The summed E-state index contributed by atoms with van der Waals surface area (Å²) in [6.07, 6.45) is 0. The number of carbonyl (C=O) groups is 1. The van der Waals surface area contributed by atoms with Gasteiger partial charge in [-0.15, -0.1) is 0 Å². The minimum atomic E-state index is -0.926. The molecule has 0 heterocycles. The first-order valence-corrected chi connectivity index (χ1v) is 1.78. The quantitative estimate of drug-likeness (QED) is 0.256. The van der Waals surface area contributed by atoms with Crippen LogP contribution in [0.4, 0.5) is 0 Å². The maximum atomic E-state index is 10.1. The lowest BCUT2D eigenvalue weighted by molar-refractivity contribution is -0.107. The largest absolute Gasteiger partial charge is 0.381 e. The molecule has 0 aromatic rings. The smallest absolute Gasteiger partial charge is 0.261 e. The monoisotopic (exact) mass is 114 g/mol. The van der Waals surface area contributed by atoms with Crippen LogP contribution in [0.2, 0.25) is 0 Å². The van der Waals surface area contributed by atoms with E-state index in [0.29, 0.717) is 0 Å². The molecule has 0 radical (unpaired) electrons. The van der Waals surface area contributed by atoms with Crippen LogP contribution >= 0.6 is 0 Å². The summed E-state index contributed by atoms with van der Waals surface area (Å²) < 4.78 is 0. The lowest BCUT2D eigenvalue weighted by atomic mass is 10.3. The van der Waals surface area contributed by atoms with Crippen LogP contribution in [-0.2, 0) is 4.79 Å². The molecule has 0 fully saturated rings. The lowest BCUT2D eigenvalue weighted by Gasteiger charge is -1.89. The van der Waals surface area contributed by atoms with E-state index in [9.17, 15) is 4.79 Å². The van der Waals surface area contributed by atoms with E-state index >= 15 is 0 Å². The summed E-state index contributed by atoms with van der Waals surface area (Å²) in [5.74, 6) is -2.32. The zero-order valence-corrected chi connectivity index (χ0v) is 4.06. The summed E-state index contributed by atoms with van der Waals surface area (Å²) in [6, 6.07) is 0. The molecule has 0 bridgehead atoms. The number of nitrogens with two attached hydrogens (primary N) is 2. The topological polar surface area (TPSA) is 117 Å². The highest BCUT2D eigenvalue weighted by Crippen LogP contribution is 1.64. The molecule has 0 saturated carbocycles. The van der Waals surface area contributed by atoms with E-state index in [2.05, 4.69) is 11.5 Å². The van der Waals surface area contributed by atoms with Crippen molar-refractivity contribution in [3.63, 3.8) is 0 Å². The lowest BCUT2D eigenvalue weighted by Crippen LogP contribution is -2.34. The Morgan fingerprint density at radius 3 is 1.38 bits per heavy atom. The molecule has 44 valence electrons. The molecule has 0 aliphatic carbocycles. The summed E-state index contributed by atoms with van der Waals surface area (Å²) in [4.78, 5) is 10.1. The molecule has 0 aliphatic heterocycles. The zero-order chi connectivity index (χ0) is 6.73. The van der Waals surface area contributed by atoms with Crippen molar-refractivity contribution >= 4 is 17.5 Å². The second-order valence-corrected chi connectivity index (χ2v) is 1.16. The highest BCUT2D eigenvalue weighted by molar-refractivity contribution is 6.63. The van der Waals surface area contributed by atoms with E-state index in [0.717, 1.165) is 0 Å². The normalized spacial score (nSPS) is 8.00. The highest BCUT2D eigenvalue weighted by atomic mass is 16.1. The maximum Gasteiger partial charge on any atom is 0.261 e. The van der Waals surface area contributed by atoms with Gasteiger partial charge in [-0.2, -0.15) is 0 Å². The summed E-state index contributed by atoms with van der Waals surface area (Å²) in [6.45, 7) is 0. The third-order valence-corrected chi connectivity index (χ3v) is 0.489. The number of Topliss-reactive ketones (excluding diaryl/α,β-unsaturated/α-hetero) is 1. The minimum absolute atomic E-state index is 0.697.